The molecule has 0 radical (unpaired) electrons. The van der Waals surface area contributed by atoms with Gasteiger partial charge in [-0.25, -0.2) is 0 Å². The lowest BCUT2D eigenvalue weighted by Gasteiger charge is -2.25. The summed E-state index contributed by atoms with van der Waals surface area (Å²) in [4.78, 5) is 15.4. The molecule has 1 aliphatic rings. The summed E-state index contributed by atoms with van der Waals surface area (Å²) in [5.41, 5.74) is 3.65. The van der Waals surface area contributed by atoms with Crippen LogP contribution in [0.1, 0.15) is 61.8 Å². The monoisotopic (exact) mass is 496 g/mol. The van der Waals surface area contributed by atoms with Crippen LogP contribution in [0.3, 0.4) is 0 Å². The number of rotatable bonds is 16. The molecule has 3 rings (SSSR count). The van der Waals surface area contributed by atoms with Crippen molar-refractivity contribution in [1.82, 2.24) is 10.2 Å². The van der Waals surface area contributed by atoms with Gasteiger partial charge in [0, 0.05) is 33.2 Å². The number of carbonyl (C=O) groups is 1. The molecule has 0 aromatic heterocycles. The van der Waals surface area contributed by atoms with Crippen LogP contribution in [0.5, 0.6) is 5.75 Å². The molecule has 2 atom stereocenters. The number of carbonyl (C=O) groups excluding carboxylic acids is 1. The van der Waals surface area contributed by atoms with Crippen LogP contribution in [0.2, 0.25) is 0 Å². The first kappa shape index (κ1) is 28.2. The van der Waals surface area contributed by atoms with Gasteiger partial charge in [-0.15, -0.1) is 0 Å². The molecule has 1 amide bonds. The van der Waals surface area contributed by atoms with E-state index in [-0.39, 0.29) is 18.1 Å². The van der Waals surface area contributed by atoms with Gasteiger partial charge in [0.25, 0.3) is 0 Å². The summed E-state index contributed by atoms with van der Waals surface area (Å²) in [5, 5.41) is 3.34. The van der Waals surface area contributed by atoms with Crippen molar-refractivity contribution in [2.75, 3.05) is 47.1 Å². The van der Waals surface area contributed by atoms with Crippen molar-refractivity contribution in [2.24, 2.45) is 0 Å². The van der Waals surface area contributed by atoms with Crippen molar-refractivity contribution in [3.63, 3.8) is 0 Å². The highest BCUT2D eigenvalue weighted by atomic mass is 16.5. The fraction of sp³-hybridized carbons (Fsp3) is 0.567. The van der Waals surface area contributed by atoms with Gasteiger partial charge in [-0.3, -0.25) is 4.79 Å². The summed E-state index contributed by atoms with van der Waals surface area (Å²) in [6, 6.07) is 16.9. The van der Waals surface area contributed by atoms with E-state index in [2.05, 4.69) is 34.5 Å². The number of ether oxygens (including phenoxy) is 3. The lowest BCUT2D eigenvalue weighted by Crippen LogP contribution is -2.44. The van der Waals surface area contributed by atoms with E-state index in [4.69, 9.17) is 14.2 Å². The normalized spacial score (nSPS) is 15.5. The number of likely N-dealkylation sites (tertiary alicyclic amines) is 1. The van der Waals surface area contributed by atoms with Crippen LogP contribution >= 0.6 is 0 Å². The third kappa shape index (κ3) is 9.57. The predicted molar refractivity (Wildman–Crippen MR) is 145 cm³/mol. The van der Waals surface area contributed by atoms with Crippen molar-refractivity contribution in [3.8, 4) is 5.75 Å². The zero-order valence-electron chi connectivity index (χ0n) is 22.3. The Bertz CT molecular complexity index is 879. The molecule has 0 aliphatic carbocycles. The molecule has 2 unspecified atom stereocenters. The Morgan fingerprint density at radius 2 is 1.69 bits per heavy atom. The Balaban J connectivity index is 1.50. The van der Waals surface area contributed by atoms with E-state index in [1.54, 1.807) is 14.2 Å². The van der Waals surface area contributed by atoms with E-state index in [9.17, 15) is 4.79 Å². The Hall–Kier alpha value is -2.41. The molecule has 0 saturated carbocycles. The van der Waals surface area contributed by atoms with Gasteiger partial charge in [0.15, 0.2) is 0 Å². The number of methoxy groups -OCH3 is 2. The van der Waals surface area contributed by atoms with E-state index in [0.717, 1.165) is 63.2 Å². The maximum absolute atomic E-state index is 12.9. The van der Waals surface area contributed by atoms with E-state index in [0.29, 0.717) is 13.0 Å². The molecule has 1 fully saturated rings. The molecular weight excluding hydrogens is 452 g/mol. The summed E-state index contributed by atoms with van der Waals surface area (Å²) < 4.78 is 16.4. The standard InChI is InChI=1S/C30H44N2O4/c1-4-36-28-16-14-26(15-17-28)29(35-3)8-7-9-30(33)31-27(23-32-19-5-6-20-32)22-25-12-10-24(11-13-25)18-21-34-2/h10-17,27,29H,4-9,18-23H2,1-3H3,(H,31,33). The van der Waals surface area contributed by atoms with E-state index in [1.165, 1.54) is 24.0 Å². The second-order valence-corrected chi connectivity index (χ2v) is 9.65. The molecule has 0 spiro atoms. The molecule has 6 nitrogen and oxygen atoms in total. The highest BCUT2D eigenvalue weighted by Gasteiger charge is 2.20. The van der Waals surface area contributed by atoms with Gasteiger partial charge in [-0.05, 0) is 87.4 Å². The summed E-state index contributed by atoms with van der Waals surface area (Å²) in [6.07, 6.45) is 6.33. The number of hydrogen-bond donors (Lipinski definition) is 1. The van der Waals surface area contributed by atoms with Crippen LogP contribution in [-0.2, 0) is 27.1 Å². The molecule has 6 heteroatoms. The van der Waals surface area contributed by atoms with E-state index >= 15 is 0 Å². The van der Waals surface area contributed by atoms with Crippen molar-refractivity contribution in [2.45, 2.75) is 64.0 Å². The summed E-state index contributed by atoms with van der Waals surface area (Å²) in [6.45, 7) is 6.52. The van der Waals surface area contributed by atoms with Crippen molar-refractivity contribution < 1.29 is 19.0 Å². The van der Waals surface area contributed by atoms with Crippen LogP contribution < -0.4 is 10.1 Å². The first-order valence-corrected chi connectivity index (χ1v) is 13.4. The number of benzene rings is 2. The highest BCUT2D eigenvalue weighted by Crippen LogP contribution is 2.25. The molecule has 0 bridgehead atoms. The van der Waals surface area contributed by atoms with Gasteiger partial charge in [0.1, 0.15) is 5.75 Å². The lowest BCUT2D eigenvalue weighted by atomic mass is 10.0. The fourth-order valence-electron chi connectivity index (χ4n) is 4.90. The molecular formula is C30H44N2O4. The van der Waals surface area contributed by atoms with Crippen LogP contribution in [0.15, 0.2) is 48.5 Å². The van der Waals surface area contributed by atoms with Crippen LogP contribution in [0.25, 0.3) is 0 Å². The second kappa shape index (κ2) is 15.6. The third-order valence-electron chi connectivity index (χ3n) is 6.86. The quantitative estimate of drug-likeness (QED) is 0.356. The minimum absolute atomic E-state index is 0.0227. The number of nitrogens with one attached hydrogen (secondary N) is 1. The Morgan fingerprint density at radius 1 is 1.00 bits per heavy atom. The molecule has 1 heterocycles. The van der Waals surface area contributed by atoms with Gasteiger partial charge in [0.05, 0.1) is 19.3 Å². The zero-order chi connectivity index (χ0) is 25.6. The van der Waals surface area contributed by atoms with Gasteiger partial charge < -0.3 is 24.4 Å². The zero-order valence-corrected chi connectivity index (χ0v) is 22.3. The highest BCUT2D eigenvalue weighted by molar-refractivity contribution is 5.76. The van der Waals surface area contributed by atoms with Crippen molar-refractivity contribution >= 4 is 5.91 Å². The maximum Gasteiger partial charge on any atom is 0.220 e. The van der Waals surface area contributed by atoms with Gasteiger partial charge in [0.2, 0.25) is 5.91 Å². The van der Waals surface area contributed by atoms with Crippen LogP contribution in [0.4, 0.5) is 0 Å². The predicted octanol–water partition coefficient (Wildman–Crippen LogP) is 4.96. The molecule has 36 heavy (non-hydrogen) atoms. The van der Waals surface area contributed by atoms with Gasteiger partial charge in [-0.1, -0.05) is 36.4 Å². The molecule has 198 valence electrons. The molecule has 2 aromatic rings. The molecule has 1 aliphatic heterocycles. The van der Waals surface area contributed by atoms with Crippen molar-refractivity contribution in [1.29, 1.82) is 0 Å². The summed E-state index contributed by atoms with van der Waals surface area (Å²) in [7, 11) is 3.46. The third-order valence-corrected chi connectivity index (χ3v) is 6.86. The average molecular weight is 497 g/mol. The van der Waals surface area contributed by atoms with Crippen molar-refractivity contribution in [3.05, 3.63) is 65.2 Å². The minimum atomic E-state index is -0.0227. The Morgan fingerprint density at radius 3 is 2.33 bits per heavy atom. The average Bonchev–Trinajstić information content (AvgIpc) is 3.40. The fourth-order valence-corrected chi connectivity index (χ4v) is 4.90. The molecule has 2 aromatic carbocycles. The first-order valence-electron chi connectivity index (χ1n) is 13.4. The van der Waals surface area contributed by atoms with Gasteiger partial charge in [-0.2, -0.15) is 0 Å². The smallest absolute Gasteiger partial charge is 0.220 e. The number of hydrogen-bond acceptors (Lipinski definition) is 5. The maximum atomic E-state index is 12.9. The van der Waals surface area contributed by atoms with E-state index in [1.807, 2.05) is 31.2 Å². The summed E-state index contributed by atoms with van der Waals surface area (Å²) >= 11 is 0. The summed E-state index contributed by atoms with van der Waals surface area (Å²) in [5.74, 6) is 0.988. The first-order chi connectivity index (χ1) is 17.6. The lowest BCUT2D eigenvalue weighted by molar-refractivity contribution is -0.122. The second-order valence-electron chi connectivity index (χ2n) is 9.65. The largest absolute Gasteiger partial charge is 0.494 e. The SMILES string of the molecule is CCOc1ccc(C(CCCC(=O)NC(Cc2ccc(CCOC)cc2)CN2CCCC2)OC)cc1. The van der Waals surface area contributed by atoms with Gasteiger partial charge >= 0.3 is 0 Å². The molecule has 1 saturated heterocycles. The minimum Gasteiger partial charge on any atom is -0.494 e. The van der Waals surface area contributed by atoms with E-state index < -0.39 is 0 Å². The van der Waals surface area contributed by atoms with Crippen LogP contribution in [0, 0.1) is 0 Å². The Kier molecular flexibility index (Phi) is 12.2. The number of nitrogens with zero attached hydrogens (tertiary/aromatic N) is 1. The Labute approximate surface area is 217 Å². The number of amides is 1. The molecule has 1 N–H and O–H groups in total. The topological polar surface area (TPSA) is 60.0 Å². The van der Waals surface area contributed by atoms with Crippen LogP contribution in [-0.4, -0.2) is 63.9 Å².